The van der Waals surface area contributed by atoms with Crippen LogP contribution in [0.15, 0.2) is 42.5 Å². The highest BCUT2D eigenvalue weighted by Gasteiger charge is 2.09. The van der Waals surface area contributed by atoms with Gasteiger partial charge in [0, 0.05) is 23.4 Å². The first-order valence-electron chi connectivity index (χ1n) is 5.58. The van der Waals surface area contributed by atoms with Crippen molar-refractivity contribution in [2.75, 3.05) is 5.32 Å². The van der Waals surface area contributed by atoms with E-state index in [0.717, 1.165) is 0 Å². The predicted octanol–water partition coefficient (Wildman–Crippen LogP) is 3.09. The van der Waals surface area contributed by atoms with Gasteiger partial charge in [0.2, 0.25) is 5.91 Å². The summed E-state index contributed by atoms with van der Waals surface area (Å²) < 4.78 is 0. The van der Waals surface area contributed by atoms with Crippen LogP contribution >= 0.6 is 11.6 Å². The van der Waals surface area contributed by atoms with Crippen LogP contribution < -0.4 is 11.1 Å². The molecule has 0 atom stereocenters. The number of carbonyl (C=O) groups is 1. The number of halogens is 1. The van der Waals surface area contributed by atoms with Crippen molar-refractivity contribution in [2.24, 2.45) is 5.73 Å². The van der Waals surface area contributed by atoms with Crippen molar-refractivity contribution in [1.29, 1.82) is 0 Å². The van der Waals surface area contributed by atoms with E-state index < -0.39 is 10.8 Å². The smallest absolute Gasteiger partial charge is 0.271 e. The second-order valence-corrected chi connectivity index (χ2v) is 4.40. The van der Waals surface area contributed by atoms with Crippen LogP contribution in [0.25, 0.3) is 0 Å². The first-order chi connectivity index (χ1) is 9.47. The Morgan fingerprint density at radius 3 is 2.35 bits per heavy atom. The number of nitro benzene ring substituents is 1. The second kappa shape index (κ2) is 5.58. The number of benzene rings is 2. The molecule has 0 radical (unpaired) electrons. The number of hydrogen-bond acceptors (Lipinski definition) is 4. The molecule has 0 fully saturated rings. The lowest BCUT2D eigenvalue weighted by molar-refractivity contribution is -0.384. The molecular weight excluding hydrogens is 282 g/mol. The van der Waals surface area contributed by atoms with Crippen molar-refractivity contribution < 1.29 is 9.72 Å². The molecule has 7 heteroatoms. The summed E-state index contributed by atoms with van der Waals surface area (Å²) in [5.41, 5.74) is 6.67. The van der Waals surface area contributed by atoms with Crippen molar-refractivity contribution >= 4 is 34.6 Å². The average molecular weight is 292 g/mol. The summed E-state index contributed by atoms with van der Waals surface area (Å²) in [4.78, 5) is 21.0. The lowest BCUT2D eigenvalue weighted by Gasteiger charge is -2.08. The van der Waals surface area contributed by atoms with Crippen LogP contribution in [0.5, 0.6) is 0 Å². The van der Waals surface area contributed by atoms with E-state index in [9.17, 15) is 14.9 Å². The molecule has 0 bridgehead atoms. The number of carbonyl (C=O) groups excluding carboxylic acids is 1. The van der Waals surface area contributed by atoms with E-state index in [1.165, 1.54) is 18.2 Å². The van der Waals surface area contributed by atoms with Gasteiger partial charge in [-0.05, 0) is 30.3 Å². The van der Waals surface area contributed by atoms with Crippen molar-refractivity contribution in [3.8, 4) is 0 Å². The monoisotopic (exact) mass is 291 g/mol. The molecule has 0 aliphatic carbocycles. The molecule has 0 spiro atoms. The molecule has 20 heavy (non-hydrogen) atoms. The van der Waals surface area contributed by atoms with Gasteiger partial charge < -0.3 is 11.1 Å². The van der Waals surface area contributed by atoms with Gasteiger partial charge in [0.05, 0.1) is 15.6 Å². The quantitative estimate of drug-likeness (QED) is 0.668. The summed E-state index contributed by atoms with van der Waals surface area (Å²) in [6, 6.07) is 10.6. The molecule has 2 rings (SSSR count). The minimum Gasteiger partial charge on any atom is -0.366 e. The molecule has 0 aliphatic heterocycles. The Morgan fingerprint density at radius 2 is 1.85 bits per heavy atom. The van der Waals surface area contributed by atoms with E-state index in [1.807, 2.05) is 0 Å². The van der Waals surface area contributed by atoms with Gasteiger partial charge >= 0.3 is 0 Å². The standard InChI is InChI=1S/C13H10ClN3O3/c14-11-7-10(17(19)20)5-6-12(11)16-9-3-1-8(2-4-9)13(15)18/h1-7,16H,(H2,15,18). The van der Waals surface area contributed by atoms with E-state index in [0.29, 0.717) is 16.9 Å². The van der Waals surface area contributed by atoms with Crippen LogP contribution in [0.1, 0.15) is 10.4 Å². The van der Waals surface area contributed by atoms with Gasteiger partial charge in [-0.3, -0.25) is 14.9 Å². The van der Waals surface area contributed by atoms with E-state index in [1.54, 1.807) is 24.3 Å². The van der Waals surface area contributed by atoms with Gasteiger partial charge in [0.15, 0.2) is 0 Å². The van der Waals surface area contributed by atoms with Crippen LogP contribution in [0.3, 0.4) is 0 Å². The largest absolute Gasteiger partial charge is 0.366 e. The molecular formula is C13H10ClN3O3. The minimum atomic E-state index is -0.517. The Hall–Kier alpha value is -2.60. The summed E-state index contributed by atoms with van der Waals surface area (Å²) in [5.74, 6) is -0.509. The maximum absolute atomic E-state index is 10.9. The average Bonchev–Trinajstić information content (AvgIpc) is 2.41. The molecule has 0 aliphatic rings. The maximum atomic E-state index is 10.9. The summed E-state index contributed by atoms with van der Waals surface area (Å²) >= 11 is 5.96. The van der Waals surface area contributed by atoms with Crippen LogP contribution in [-0.2, 0) is 0 Å². The number of amides is 1. The molecule has 102 valence electrons. The second-order valence-electron chi connectivity index (χ2n) is 3.99. The fraction of sp³-hybridized carbons (Fsp3) is 0. The highest BCUT2D eigenvalue weighted by Crippen LogP contribution is 2.29. The topological polar surface area (TPSA) is 98.3 Å². The van der Waals surface area contributed by atoms with Gasteiger partial charge in [0.1, 0.15) is 0 Å². The Labute approximate surface area is 119 Å². The lowest BCUT2D eigenvalue weighted by Crippen LogP contribution is -2.10. The molecule has 3 N–H and O–H groups in total. The number of nitrogens with zero attached hydrogens (tertiary/aromatic N) is 1. The van der Waals surface area contributed by atoms with Crippen molar-refractivity contribution in [2.45, 2.75) is 0 Å². The molecule has 1 amide bonds. The van der Waals surface area contributed by atoms with E-state index in [4.69, 9.17) is 17.3 Å². The van der Waals surface area contributed by atoms with E-state index >= 15 is 0 Å². The summed E-state index contributed by atoms with van der Waals surface area (Å²) in [6.07, 6.45) is 0. The Morgan fingerprint density at radius 1 is 1.20 bits per heavy atom. The Bertz CT molecular complexity index is 671. The van der Waals surface area contributed by atoms with Crippen LogP contribution in [0.4, 0.5) is 17.1 Å². The molecule has 0 aromatic heterocycles. The minimum absolute atomic E-state index is 0.0790. The van der Waals surface area contributed by atoms with Gasteiger partial charge in [-0.2, -0.15) is 0 Å². The zero-order valence-electron chi connectivity index (χ0n) is 10.2. The fourth-order valence-electron chi connectivity index (χ4n) is 1.59. The van der Waals surface area contributed by atoms with Crippen molar-refractivity contribution in [1.82, 2.24) is 0 Å². The molecule has 0 saturated heterocycles. The third-order valence-corrected chi connectivity index (χ3v) is 2.92. The molecule has 0 unspecified atom stereocenters. The number of anilines is 2. The third kappa shape index (κ3) is 3.04. The zero-order chi connectivity index (χ0) is 14.7. The normalized spacial score (nSPS) is 10.1. The number of nitro groups is 1. The van der Waals surface area contributed by atoms with Gasteiger partial charge in [-0.15, -0.1) is 0 Å². The molecule has 0 heterocycles. The van der Waals surface area contributed by atoms with Crippen LogP contribution in [-0.4, -0.2) is 10.8 Å². The SMILES string of the molecule is NC(=O)c1ccc(Nc2ccc([N+](=O)[O-])cc2Cl)cc1. The Kier molecular flexibility index (Phi) is 3.86. The predicted molar refractivity (Wildman–Crippen MR) is 76.3 cm³/mol. The van der Waals surface area contributed by atoms with Crippen LogP contribution in [0.2, 0.25) is 5.02 Å². The first-order valence-corrected chi connectivity index (χ1v) is 5.96. The number of rotatable bonds is 4. The van der Waals surface area contributed by atoms with Crippen LogP contribution in [0, 0.1) is 10.1 Å². The van der Waals surface area contributed by atoms with Crippen molar-refractivity contribution in [3.63, 3.8) is 0 Å². The zero-order valence-corrected chi connectivity index (χ0v) is 10.9. The summed E-state index contributed by atoms with van der Waals surface area (Å²) in [5, 5.41) is 13.8. The molecule has 2 aromatic rings. The molecule has 0 saturated carbocycles. The fourth-order valence-corrected chi connectivity index (χ4v) is 1.81. The third-order valence-electron chi connectivity index (χ3n) is 2.61. The number of nitrogens with two attached hydrogens (primary N) is 1. The Balaban J connectivity index is 2.21. The van der Waals surface area contributed by atoms with Gasteiger partial charge in [-0.25, -0.2) is 0 Å². The highest BCUT2D eigenvalue weighted by atomic mass is 35.5. The maximum Gasteiger partial charge on any atom is 0.271 e. The molecule has 2 aromatic carbocycles. The highest BCUT2D eigenvalue weighted by molar-refractivity contribution is 6.33. The lowest BCUT2D eigenvalue weighted by atomic mass is 10.2. The number of nitrogens with one attached hydrogen (secondary N) is 1. The number of hydrogen-bond donors (Lipinski definition) is 2. The number of non-ortho nitro benzene ring substituents is 1. The number of primary amides is 1. The van der Waals surface area contributed by atoms with E-state index in [2.05, 4.69) is 5.32 Å². The molecule has 6 nitrogen and oxygen atoms in total. The van der Waals surface area contributed by atoms with Crippen molar-refractivity contribution in [3.05, 3.63) is 63.2 Å². The first kappa shape index (κ1) is 13.8. The van der Waals surface area contributed by atoms with Gasteiger partial charge in [-0.1, -0.05) is 11.6 Å². The summed E-state index contributed by atoms with van der Waals surface area (Å²) in [7, 11) is 0. The van der Waals surface area contributed by atoms with Gasteiger partial charge in [0.25, 0.3) is 5.69 Å². The van der Waals surface area contributed by atoms with E-state index in [-0.39, 0.29) is 10.7 Å². The summed E-state index contributed by atoms with van der Waals surface area (Å²) in [6.45, 7) is 0.